The van der Waals surface area contributed by atoms with E-state index in [-0.39, 0.29) is 42.2 Å². The second kappa shape index (κ2) is 21.0. The zero-order chi connectivity index (χ0) is 35.8. The number of nitrogens with zero attached hydrogens (tertiary/aromatic N) is 2. The highest BCUT2D eigenvalue weighted by Crippen LogP contribution is 2.33. The van der Waals surface area contributed by atoms with Crippen molar-refractivity contribution in [2.45, 2.75) is 162 Å². The normalized spacial score (nSPS) is 16.8. The lowest BCUT2D eigenvalue weighted by Crippen LogP contribution is -2.25. The topological polar surface area (TPSA) is 162 Å². The number of amides is 1. The van der Waals surface area contributed by atoms with Gasteiger partial charge in [-0.15, -0.1) is 0 Å². The fourth-order valence-electron chi connectivity index (χ4n) is 7.35. The molecule has 2 N–H and O–H groups in total. The average molecular weight is 686 g/mol. The van der Waals surface area contributed by atoms with Crippen LogP contribution in [0.1, 0.15) is 192 Å². The van der Waals surface area contributed by atoms with Gasteiger partial charge in [0.05, 0.1) is 13.0 Å². The number of aromatic nitrogens is 2. The summed E-state index contributed by atoms with van der Waals surface area (Å²) < 4.78 is 11.3. The molecule has 1 amide bonds. The molecule has 0 bridgehead atoms. The first kappa shape index (κ1) is 40.1. The standard InChI is InChI=1S/C20H32N2O4.C18H27NO4/c1-4-25-22-18(24)13-17(12-8-11-16-9-6-5-7-10-16)20-21-19(14(2)23)15(3)26-20;1-12(20)17-13(2)23-18(19-17)15(11-16(21)22)10-6-9-14-7-4-3-5-8-14/h16-17H,4-13H2,1-3H3,(H,22,24);14-15H,3-11H2,1-2H3,(H,21,22)/t17-;15-/m11/s1. The highest BCUT2D eigenvalue weighted by molar-refractivity contribution is 5.93. The SMILES string of the molecule is CC(=O)c1nc([C@H](CCCC2CCCCC2)CC(=O)O)oc1C.CCONC(=O)C[C@@H](CCCC1CCCCC1)c1nc(C(C)=O)c(C)o1. The number of hydrogen-bond donors (Lipinski definition) is 2. The summed E-state index contributed by atoms with van der Waals surface area (Å²) in [5, 5.41) is 9.14. The molecule has 11 nitrogen and oxygen atoms in total. The molecule has 4 rings (SSSR count). The molecule has 2 heterocycles. The highest BCUT2D eigenvalue weighted by Gasteiger charge is 2.26. The van der Waals surface area contributed by atoms with Gasteiger partial charge in [-0.05, 0) is 45.4 Å². The lowest BCUT2D eigenvalue weighted by atomic mass is 9.84. The van der Waals surface area contributed by atoms with Crippen LogP contribution in [0.2, 0.25) is 0 Å². The van der Waals surface area contributed by atoms with Crippen LogP contribution in [-0.2, 0) is 14.4 Å². The van der Waals surface area contributed by atoms with Crippen molar-refractivity contribution < 1.29 is 38.0 Å². The molecule has 49 heavy (non-hydrogen) atoms. The Balaban J connectivity index is 0.000000267. The molecule has 0 unspecified atom stereocenters. The van der Waals surface area contributed by atoms with Crippen molar-refractivity contribution in [3.05, 3.63) is 34.7 Å². The van der Waals surface area contributed by atoms with Gasteiger partial charge in [-0.25, -0.2) is 15.4 Å². The number of oxazole rings is 2. The summed E-state index contributed by atoms with van der Waals surface area (Å²) in [5.74, 6) is 1.81. The van der Waals surface area contributed by atoms with Gasteiger partial charge < -0.3 is 13.9 Å². The molecular weight excluding hydrogens is 626 g/mol. The minimum atomic E-state index is -0.854. The van der Waals surface area contributed by atoms with E-state index in [2.05, 4.69) is 15.4 Å². The maximum atomic E-state index is 12.1. The summed E-state index contributed by atoms with van der Waals surface area (Å²) in [6.45, 7) is 8.61. The summed E-state index contributed by atoms with van der Waals surface area (Å²) in [7, 11) is 0. The molecular formula is C38H59N3O8. The largest absolute Gasteiger partial charge is 0.481 e. The van der Waals surface area contributed by atoms with E-state index in [4.69, 9.17) is 18.8 Å². The molecule has 2 fully saturated rings. The van der Waals surface area contributed by atoms with Gasteiger partial charge in [0.25, 0.3) is 0 Å². The molecule has 0 aromatic carbocycles. The van der Waals surface area contributed by atoms with E-state index < -0.39 is 5.97 Å². The maximum absolute atomic E-state index is 12.1. The minimum Gasteiger partial charge on any atom is -0.481 e. The third kappa shape index (κ3) is 13.8. The van der Waals surface area contributed by atoms with Crippen molar-refractivity contribution in [3.63, 3.8) is 0 Å². The molecule has 2 aromatic rings. The van der Waals surface area contributed by atoms with E-state index in [9.17, 15) is 19.2 Å². The first-order chi connectivity index (χ1) is 23.5. The fourth-order valence-corrected chi connectivity index (χ4v) is 7.35. The number of hydrogen-bond acceptors (Lipinski definition) is 9. The number of carboxylic acids is 1. The molecule has 2 aliphatic rings. The van der Waals surface area contributed by atoms with Crippen LogP contribution >= 0.6 is 0 Å². The number of carbonyl (C=O) groups is 4. The predicted molar refractivity (Wildman–Crippen MR) is 185 cm³/mol. The third-order valence-electron chi connectivity index (χ3n) is 9.95. The van der Waals surface area contributed by atoms with Crippen LogP contribution < -0.4 is 5.48 Å². The van der Waals surface area contributed by atoms with Crippen LogP contribution in [0.3, 0.4) is 0 Å². The second-order valence-electron chi connectivity index (χ2n) is 14.1. The number of carboxylic acid groups (broad SMARTS) is 1. The van der Waals surface area contributed by atoms with E-state index in [1.807, 2.05) is 6.92 Å². The van der Waals surface area contributed by atoms with Gasteiger partial charge in [-0.3, -0.25) is 24.0 Å². The van der Waals surface area contributed by atoms with E-state index in [0.717, 1.165) is 43.9 Å². The summed E-state index contributed by atoms with van der Waals surface area (Å²) in [6, 6.07) is 0. The second-order valence-corrected chi connectivity index (χ2v) is 14.1. The van der Waals surface area contributed by atoms with E-state index >= 15 is 0 Å². The van der Waals surface area contributed by atoms with Crippen molar-refractivity contribution in [2.24, 2.45) is 11.8 Å². The molecule has 11 heteroatoms. The van der Waals surface area contributed by atoms with Gasteiger partial charge in [0, 0.05) is 32.1 Å². The molecule has 2 saturated carbocycles. The molecule has 0 saturated heterocycles. The Bertz CT molecular complexity index is 1340. The Hall–Kier alpha value is -3.34. The van der Waals surface area contributed by atoms with E-state index in [1.54, 1.807) is 13.8 Å². The van der Waals surface area contributed by atoms with Gasteiger partial charge in [0.2, 0.25) is 5.91 Å². The van der Waals surface area contributed by atoms with Crippen LogP contribution in [0.15, 0.2) is 8.83 Å². The summed E-state index contributed by atoms with van der Waals surface area (Å²) in [6.07, 6.45) is 19.5. The minimum absolute atomic E-state index is 0.00195. The summed E-state index contributed by atoms with van der Waals surface area (Å²) in [5.41, 5.74) is 3.13. The lowest BCUT2D eigenvalue weighted by molar-refractivity contribution is -0.137. The van der Waals surface area contributed by atoms with Crippen molar-refractivity contribution in [1.29, 1.82) is 0 Å². The number of aryl methyl sites for hydroxylation is 2. The first-order valence-electron chi connectivity index (χ1n) is 18.6. The molecule has 0 spiro atoms. The lowest BCUT2D eigenvalue weighted by Gasteiger charge is -2.22. The van der Waals surface area contributed by atoms with E-state index in [1.165, 1.54) is 84.5 Å². The van der Waals surface area contributed by atoms with Crippen LogP contribution in [0.25, 0.3) is 0 Å². The van der Waals surface area contributed by atoms with Gasteiger partial charge in [0.1, 0.15) is 22.9 Å². The number of carbonyl (C=O) groups excluding carboxylic acids is 3. The Morgan fingerprint density at radius 3 is 1.55 bits per heavy atom. The van der Waals surface area contributed by atoms with Crippen LogP contribution in [0.4, 0.5) is 0 Å². The number of nitrogens with one attached hydrogen (secondary N) is 1. The number of Topliss-reactive ketones (excluding diaryl/α,β-unsaturated/α-hetero) is 2. The zero-order valence-electron chi connectivity index (χ0n) is 30.4. The van der Waals surface area contributed by atoms with Gasteiger partial charge >= 0.3 is 5.97 Å². The summed E-state index contributed by atoms with van der Waals surface area (Å²) in [4.78, 5) is 60.0. The van der Waals surface area contributed by atoms with Crippen LogP contribution in [0, 0.1) is 25.7 Å². The van der Waals surface area contributed by atoms with Gasteiger partial charge in [0.15, 0.2) is 23.3 Å². The van der Waals surface area contributed by atoms with Crippen molar-refractivity contribution in [3.8, 4) is 0 Å². The molecule has 0 radical (unpaired) electrons. The fraction of sp³-hybridized carbons (Fsp3) is 0.737. The number of hydroxylamine groups is 1. The molecule has 2 aromatic heterocycles. The smallest absolute Gasteiger partial charge is 0.304 e. The predicted octanol–water partition coefficient (Wildman–Crippen LogP) is 8.97. The van der Waals surface area contributed by atoms with Crippen molar-refractivity contribution in [1.82, 2.24) is 15.4 Å². The Kier molecular flexibility index (Phi) is 17.2. The summed E-state index contributed by atoms with van der Waals surface area (Å²) >= 11 is 0. The number of rotatable bonds is 18. The molecule has 2 atom stereocenters. The molecule has 0 aliphatic heterocycles. The van der Waals surface area contributed by atoms with Crippen LogP contribution in [0.5, 0.6) is 0 Å². The van der Waals surface area contributed by atoms with Crippen LogP contribution in [-0.4, -0.2) is 45.1 Å². The zero-order valence-corrected chi connectivity index (χ0v) is 30.4. The number of aliphatic carboxylic acids is 1. The Labute approximate surface area is 291 Å². The Morgan fingerprint density at radius 1 is 0.755 bits per heavy atom. The first-order valence-corrected chi connectivity index (χ1v) is 18.6. The third-order valence-corrected chi connectivity index (χ3v) is 9.95. The molecule has 274 valence electrons. The quantitative estimate of drug-likeness (QED) is 0.114. The van der Waals surface area contributed by atoms with E-state index in [0.29, 0.717) is 41.3 Å². The Morgan fingerprint density at radius 2 is 1.18 bits per heavy atom. The average Bonchev–Trinajstić information content (AvgIpc) is 3.66. The highest BCUT2D eigenvalue weighted by atomic mass is 16.6. The van der Waals surface area contributed by atoms with Gasteiger partial charge in [-0.1, -0.05) is 89.9 Å². The molecule has 2 aliphatic carbocycles. The van der Waals surface area contributed by atoms with Gasteiger partial charge in [-0.2, -0.15) is 0 Å². The number of ketones is 2. The van der Waals surface area contributed by atoms with Crippen molar-refractivity contribution in [2.75, 3.05) is 6.61 Å². The maximum Gasteiger partial charge on any atom is 0.304 e. The monoisotopic (exact) mass is 685 g/mol. The van der Waals surface area contributed by atoms with Crippen molar-refractivity contribution >= 4 is 23.4 Å².